The number of Topliss-reactive ketones (excluding diaryl/α,β-unsaturated/α-hetero) is 1. The van der Waals surface area contributed by atoms with Crippen molar-refractivity contribution < 1.29 is 19.1 Å². The second-order valence-corrected chi connectivity index (χ2v) is 8.93. The number of carbonyl (C=O) groups excluding carboxylic acids is 2. The van der Waals surface area contributed by atoms with Gasteiger partial charge in [-0.15, -0.1) is 0 Å². The molecule has 3 heterocycles. The first kappa shape index (κ1) is 17.4. The van der Waals surface area contributed by atoms with Crippen LogP contribution in [0.5, 0.6) is 5.75 Å². The number of halogens is 2. The zero-order valence-corrected chi connectivity index (χ0v) is 17.2. The fourth-order valence-electron chi connectivity index (χ4n) is 4.42. The van der Waals surface area contributed by atoms with Gasteiger partial charge < -0.3 is 9.47 Å². The monoisotopic (exact) mass is 491 g/mol. The first-order chi connectivity index (χ1) is 13.0. The molecule has 3 aliphatic heterocycles. The quantitative estimate of drug-likeness (QED) is 0.613. The molecule has 0 radical (unpaired) electrons. The molecular weight excluding hydrogens is 478 g/mol. The summed E-state index contributed by atoms with van der Waals surface area (Å²) in [5.74, 6) is -0.355. The molecule has 7 heteroatoms. The molecule has 0 aliphatic carbocycles. The molecular formula is C20H15Br2NO4. The summed E-state index contributed by atoms with van der Waals surface area (Å²) in [6, 6.07) is 12.8. The van der Waals surface area contributed by atoms with Crippen LogP contribution >= 0.6 is 31.9 Å². The van der Waals surface area contributed by atoms with E-state index >= 15 is 0 Å². The second-order valence-electron chi connectivity index (χ2n) is 7.10. The Hall–Kier alpha value is -1.70. The van der Waals surface area contributed by atoms with Gasteiger partial charge in [0.2, 0.25) is 0 Å². The summed E-state index contributed by atoms with van der Waals surface area (Å²) in [5.41, 5.74) is 0.472. The topological polar surface area (TPSA) is 64.6 Å². The van der Waals surface area contributed by atoms with Crippen LogP contribution in [0.2, 0.25) is 0 Å². The van der Waals surface area contributed by atoms with Crippen LogP contribution < -0.4 is 10.1 Å². The second kappa shape index (κ2) is 6.15. The Morgan fingerprint density at radius 3 is 2.63 bits per heavy atom. The van der Waals surface area contributed by atoms with Crippen molar-refractivity contribution in [2.45, 2.75) is 24.1 Å². The lowest BCUT2D eigenvalue weighted by molar-refractivity contribution is -0.145. The van der Waals surface area contributed by atoms with E-state index in [0.29, 0.717) is 24.3 Å². The van der Waals surface area contributed by atoms with E-state index in [9.17, 15) is 9.59 Å². The number of rotatable bonds is 1. The average molecular weight is 493 g/mol. The largest absolute Gasteiger partial charge is 0.486 e. The van der Waals surface area contributed by atoms with Crippen molar-refractivity contribution in [1.82, 2.24) is 5.32 Å². The summed E-state index contributed by atoms with van der Waals surface area (Å²) in [7, 11) is 0. The molecule has 1 spiro atoms. The van der Waals surface area contributed by atoms with E-state index in [1.54, 1.807) is 12.1 Å². The molecule has 27 heavy (non-hydrogen) atoms. The Kier molecular flexibility index (Phi) is 3.97. The molecule has 2 aromatic carbocycles. The molecule has 0 bridgehead atoms. The Morgan fingerprint density at radius 2 is 1.89 bits per heavy atom. The minimum Gasteiger partial charge on any atom is -0.486 e. The van der Waals surface area contributed by atoms with Gasteiger partial charge in [-0.2, -0.15) is 0 Å². The normalized spacial score (nSPS) is 31.4. The van der Waals surface area contributed by atoms with Gasteiger partial charge >= 0.3 is 5.97 Å². The third kappa shape index (κ3) is 2.52. The van der Waals surface area contributed by atoms with Gasteiger partial charge in [0.25, 0.3) is 0 Å². The van der Waals surface area contributed by atoms with Crippen molar-refractivity contribution in [3.8, 4) is 5.75 Å². The van der Waals surface area contributed by atoms with Crippen molar-refractivity contribution in [3.63, 3.8) is 0 Å². The SMILES string of the molecule is O=C1c2cc(Br)ccc2O[C@H]2[C@@H]1[C@H](c1cccc(Br)c1)N[C@@]21CCOC1=O. The van der Waals surface area contributed by atoms with Crippen LogP contribution in [0.3, 0.4) is 0 Å². The van der Waals surface area contributed by atoms with E-state index < -0.39 is 17.6 Å². The third-order valence-corrected chi connectivity index (χ3v) is 6.64. The van der Waals surface area contributed by atoms with E-state index in [4.69, 9.17) is 9.47 Å². The smallest absolute Gasteiger partial charge is 0.330 e. The van der Waals surface area contributed by atoms with E-state index in [1.165, 1.54) is 0 Å². The van der Waals surface area contributed by atoms with E-state index in [0.717, 1.165) is 14.5 Å². The molecule has 4 atom stereocenters. The molecule has 2 fully saturated rings. The molecule has 0 unspecified atom stereocenters. The summed E-state index contributed by atoms with van der Waals surface area (Å²) in [4.78, 5) is 26.1. The van der Waals surface area contributed by atoms with Gasteiger partial charge in [0.1, 0.15) is 11.9 Å². The number of hydrogen-bond donors (Lipinski definition) is 1. The molecule has 138 valence electrons. The summed E-state index contributed by atoms with van der Waals surface area (Å²) in [6.07, 6.45) is -0.117. The number of ether oxygens (including phenoxy) is 2. The van der Waals surface area contributed by atoms with Crippen molar-refractivity contribution in [1.29, 1.82) is 0 Å². The van der Waals surface area contributed by atoms with Crippen LogP contribution in [0.1, 0.15) is 28.4 Å². The lowest BCUT2D eigenvalue weighted by Gasteiger charge is -2.34. The first-order valence-corrected chi connectivity index (χ1v) is 10.3. The average Bonchev–Trinajstić information content (AvgIpc) is 3.18. The van der Waals surface area contributed by atoms with Crippen LogP contribution in [-0.2, 0) is 9.53 Å². The fraction of sp³-hybridized carbons (Fsp3) is 0.300. The summed E-state index contributed by atoms with van der Waals surface area (Å²) < 4.78 is 13.3. The van der Waals surface area contributed by atoms with Gasteiger partial charge in [-0.05, 0) is 35.9 Å². The number of benzene rings is 2. The Morgan fingerprint density at radius 1 is 1.07 bits per heavy atom. The Labute approximate surface area is 172 Å². The molecule has 1 N–H and O–H groups in total. The zero-order valence-electron chi connectivity index (χ0n) is 14.1. The highest BCUT2D eigenvalue weighted by molar-refractivity contribution is 9.10. The van der Waals surface area contributed by atoms with Gasteiger partial charge in [-0.1, -0.05) is 44.0 Å². The summed E-state index contributed by atoms with van der Waals surface area (Å²) in [6.45, 7) is 0.324. The highest BCUT2D eigenvalue weighted by Gasteiger charge is 2.65. The van der Waals surface area contributed by atoms with Crippen molar-refractivity contribution in [2.24, 2.45) is 5.92 Å². The number of esters is 1. The molecule has 5 rings (SSSR count). The zero-order chi connectivity index (χ0) is 18.8. The van der Waals surface area contributed by atoms with Crippen LogP contribution in [0.15, 0.2) is 51.4 Å². The number of nitrogens with one attached hydrogen (secondary N) is 1. The van der Waals surface area contributed by atoms with E-state index in [2.05, 4.69) is 37.2 Å². The van der Waals surface area contributed by atoms with Crippen LogP contribution in [0.4, 0.5) is 0 Å². The van der Waals surface area contributed by atoms with Crippen molar-refractivity contribution in [3.05, 3.63) is 62.5 Å². The predicted octanol–water partition coefficient (Wildman–Crippen LogP) is 3.80. The van der Waals surface area contributed by atoms with Crippen LogP contribution in [0, 0.1) is 5.92 Å². The van der Waals surface area contributed by atoms with Crippen LogP contribution in [-0.4, -0.2) is 30.0 Å². The summed E-state index contributed by atoms with van der Waals surface area (Å²) >= 11 is 6.92. The number of carbonyl (C=O) groups is 2. The number of ketones is 1. The lowest BCUT2D eigenvalue weighted by atomic mass is 9.79. The maximum absolute atomic E-state index is 13.5. The number of fused-ring (bicyclic) bond motifs is 3. The fourth-order valence-corrected chi connectivity index (χ4v) is 5.20. The predicted molar refractivity (Wildman–Crippen MR) is 105 cm³/mol. The number of cyclic esters (lactones) is 1. The Bertz CT molecular complexity index is 978. The molecule has 5 nitrogen and oxygen atoms in total. The van der Waals surface area contributed by atoms with Crippen molar-refractivity contribution >= 4 is 43.6 Å². The van der Waals surface area contributed by atoms with E-state index in [1.807, 2.05) is 30.3 Å². The minimum absolute atomic E-state index is 0.0170. The molecule has 0 aromatic heterocycles. The highest BCUT2D eigenvalue weighted by atomic mass is 79.9. The van der Waals surface area contributed by atoms with Crippen LogP contribution in [0.25, 0.3) is 0 Å². The maximum Gasteiger partial charge on any atom is 0.330 e. The van der Waals surface area contributed by atoms with Gasteiger partial charge in [0.05, 0.1) is 18.1 Å². The van der Waals surface area contributed by atoms with Gasteiger partial charge in [-0.3, -0.25) is 10.1 Å². The van der Waals surface area contributed by atoms with Gasteiger partial charge in [0, 0.05) is 21.4 Å². The summed E-state index contributed by atoms with van der Waals surface area (Å²) in [5, 5.41) is 3.43. The van der Waals surface area contributed by atoms with E-state index in [-0.39, 0.29) is 17.8 Å². The molecule has 3 aliphatic rings. The van der Waals surface area contributed by atoms with Crippen molar-refractivity contribution in [2.75, 3.05) is 6.61 Å². The molecule has 0 saturated carbocycles. The minimum atomic E-state index is -1.00. The molecule has 0 amide bonds. The maximum atomic E-state index is 13.5. The lowest BCUT2D eigenvalue weighted by Crippen LogP contribution is -2.56. The van der Waals surface area contributed by atoms with Gasteiger partial charge in [0.15, 0.2) is 11.3 Å². The van der Waals surface area contributed by atoms with Gasteiger partial charge in [-0.25, -0.2) is 4.79 Å². The highest BCUT2D eigenvalue weighted by Crippen LogP contribution is 2.49. The first-order valence-electron chi connectivity index (χ1n) is 8.70. The number of hydrogen-bond acceptors (Lipinski definition) is 5. The molecule has 2 saturated heterocycles. The molecule has 2 aromatic rings. The standard InChI is InChI=1S/C20H15Br2NO4/c21-11-3-1-2-10(8-11)16-15-17(24)13-9-12(22)4-5-14(13)27-18(15)20(23-16)6-7-26-19(20)25/h1-5,8-9,15-16,18,23H,6-7H2/t15-,16+,18+,20+/m1/s1. The Balaban J connectivity index is 1.67. The third-order valence-electron chi connectivity index (χ3n) is 5.65.